The van der Waals surface area contributed by atoms with Gasteiger partial charge in [0.2, 0.25) is 0 Å². The molecular weight excluding hydrogens is 302 g/mol. The van der Waals surface area contributed by atoms with Gasteiger partial charge in [0.05, 0.1) is 23.7 Å². The number of fused-ring (bicyclic) bond motifs is 1. The van der Waals surface area contributed by atoms with E-state index in [0.29, 0.717) is 22.7 Å². The van der Waals surface area contributed by atoms with Crippen molar-refractivity contribution in [2.24, 2.45) is 0 Å². The molecule has 0 atom stereocenters. The smallest absolute Gasteiger partial charge is 0.336 e. The Hall–Kier alpha value is -1.52. The van der Waals surface area contributed by atoms with Crippen molar-refractivity contribution in [1.29, 1.82) is 0 Å². The highest BCUT2D eigenvalue weighted by molar-refractivity contribution is 6.33. The lowest BCUT2D eigenvalue weighted by atomic mass is 10.0. The second-order valence-corrected chi connectivity index (χ2v) is 6.44. The van der Waals surface area contributed by atoms with Gasteiger partial charge in [-0.25, -0.2) is 4.79 Å². The second-order valence-electron chi connectivity index (χ2n) is 6.04. The second kappa shape index (κ2) is 6.31. The van der Waals surface area contributed by atoms with Gasteiger partial charge in [0.15, 0.2) is 5.58 Å². The summed E-state index contributed by atoms with van der Waals surface area (Å²) in [5.74, 6) is 0.0466. The molecule has 2 aromatic rings. The van der Waals surface area contributed by atoms with Crippen molar-refractivity contribution < 1.29 is 14.4 Å². The molecule has 0 unspecified atom stereocenters. The first-order valence-corrected chi connectivity index (χ1v) is 8.28. The SMILES string of the molecule is CCCc1cc(=O)oc2c(C[NH+]3CCCC3)c(O)c(Cl)cc12. The van der Waals surface area contributed by atoms with E-state index in [9.17, 15) is 9.90 Å². The lowest BCUT2D eigenvalue weighted by Gasteiger charge is -2.16. The molecule has 0 spiro atoms. The summed E-state index contributed by atoms with van der Waals surface area (Å²) in [5.41, 5.74) is 1.73. The molecule has 3 rings (SSSR count). The molecule has 1 aliphatic rings. The minimum absolute atomic E-state index is 0.0466. The molecule has 5 heteroatoms. The van der Waals surface area contributed by atoms with Crippen molar-refractivity contribution in [2.45, 2.75) is 39.2 Å². The van der Waals surface area contributed by atoms with Gasteiger partial charge in [-0.2, -0.15) is 0 Å². The van der Waals surface area contributed by atoms with Gasteiger partial charge in [0.25, 0.3) is 0 Å². The van der Waals surface area contributed by atoms with Gasteiger partial charge in [-0.1, -0.05) is 24.9 Å². The molecule has 2 heterocycles. The summed E-state index contributed by atoms with van der Waals surface area (Å²) in [6, 6.07) is 3.24. The van der Waals surface area contributed by atoms with Crippen LogP contribution >= 0.6 is 11.6 Å². The maximum Gasteiger partial charge on any atom is 0.336 e. The predicted octanol–water partition coefficient (Wildman–Crippen LogP) is 2.28. The molecule has 0 radical (unpaired) electrons. The quantitative estimate of drug-likeness (QED) is 0.849. The first kappa shape index (κ1) is 15.4. The molecule has 118 valence electrons. The lowest BCUT2D eigenvalue weighted by molar-refractivity contribution is -0.901. The maximum absolute atomic E-state index is 11.9. The van der Waals surface area contributed by atoms with Crippen molar-refractivity contribution in [3.05, 3.63) is 38.7 Å². The number of likely N-dealkylation sites (tertiary alicyclic amines) is 1. The Bertz CT molecular complexity index is 748. The van der Waals surface area contributed by atoms with E-state index >= 15 is 0 Å². The summed E-state index contributed by atoms with van der Waals surface area (Å²) in [5, 5.41) is 11.5. The standard InChI is InChI=1S/C17H20ClNO3/c1-2-5-11-8-15(20)22-17-12(11)9-14(18)16(21)13(17)10-19-6-3-4-7-19/h8-9,21H,2-7,10H2,1H3/p+1. The van der Waals surface area contributed by atoms with Crippen LogP contribution in [0, 0.1) is 0 Å². The van der Waals surface area contributed by atoms with Gasteiger partial charge in [-0.3, -0.25) is 0 Å². The fraction of sp³-hybridized carbons (Fsp3) is 0.471. The molecule has 0 saturated carbocycles. The first-order valence-electron chi connectivity index (χ1n) is 7.90. The average Bonchev–Trinajstić information content (AvgIpc) is 2.98. The van der Waals surface area contributed by atoms with Gasteiger partial charge in [0.1, 0.15) is 12.3 Å². The van der Waals surface area contributed by atoms with E-state index in [2.05, 4.69) is 6.92 Å². The van der Waals surface area contributed by atoms with Crippen LogP contribution in [0.5, 0.6) is 5.75 Å². The van der Waals surface area contributed by atoms with Gasteiger partial charge < -0.3 is 14.4 Å². The van der Waals surface area contributed by atoms with Crippen LogP contribution in [-0.2, 0) is 13.0 Å². The highest BCUT2D eigenvalue weighted by Gasteiger charge is 2.23. The third kappa shape index (κ3) is 2.85. The number of quaternary nitrogens is 1. The van der Waals surface area contributed by atoms with E-state index < -0.39 is 0 Å². The molecule has 1 fully saturated rings. The predicted molar refractivity (Wildman–Crippen MR) is 86.8 cm³/mol. The van der Waals surface area contributed by atoms with Crippen LogP contribution in [0.4, 0.5) is 0 Å². The van der Waals surface area contributed by atoms with Gasteiger partial charge >= 0.3 is 5.63 Å². The molecule has 1 aromatic heterocycles. The van der Waals surface area contributed by atoms with Crippen molar-refractivity contribution >= 4 is 22.6 Å². The molecule has 1 aliphatic heterocycles. The number of phenolic OH excluding ortho intramolecular Hbond substituents is 1. The van der Waals surface area contributed by atoms with Gasteiger partial charge in [0, 0.05) is 24.3 Å². The summed E-state index contributed by atoms with van der Waals surface area (Å²) >= 11 is 6.21. The minimum Gasteiger partial charge on any atom is -0.506 e. The normalized spacial score (nSPS) is 15.7. The number of benzene rings is 1. The molecule has 4 nitrogen and oxygen atoms in total. The minimum atomic E-state index is -0.365. The third-order valence-corrected chi connectivity index (χ3v) is 4.69. The van der Waals surface area contributed by atoms with E-state index in [4.69, 9.17) is 16.0 Å². The summed E-state index contributed by atoms with van der Waals surface area (Å²) < 4.78 is 5.44. The molecule has 0 bridgehead atoms. The summed E-state index contributed by atoms with van der Waals surface area (Å²) in [7, 11) is 0. The van der Waals surface area contributed by atoms with Crippen LogP contribution in [-0.4, -0.2) is 18.2 Å². The Morgan fingerprint density at radius 3 is 2.73 bits per heavy atom. The van der Waals surface area contributed by atoms with E-state index in [1.54, 1.807) is 6.07 Å². The Labute approximate surface area is 134 Å². The number of nitrogens with one attached hydrogen (secondary N) is 1. The Morgan fingerprint density at radius 2 is 2.05 bits per heavy atom. The largest absolute Gasteiger partial charge is 0.506 e. The highest BCUT2D eigenvalue weighted by Crippen LogP contribution is 2.35. The number of aromatic hydroxyl groups is 1. The fourth-order valence-electron chi connectivity index (χ4n) is 3.32. The topological polar surface area (TPSA) is 54.9 Å². The number of rotatable bonds is 4. The van der Waals surface area contributed by atoms with Gasteiger partial charge in [-0.05, 0) is 18.1 Å². The van der Waals surface area contributed by atoms with Crippen molar-refractivity contribution in [3.63, 3.8) is 0 Å². The van der Waals surface area contributed by atoms with Crippen LogP contribution in [0.2, 0.25) is 5.02 Å². The number of hydrogen-bond donors (Lipinski definition) is 2. The fourth-order valence-corrected chi connectivity index (χ4v) is 3.55. The molecule has 0 amide bonds. The van der Waals surface area contributed by atoms with E-state index in [1.807, 2.05) is 0 Å². The van der Waals surface area contributed by atoms with E-state index in [-0.39, 0.29) is 11.4 Å². The number of aryl methyl sites for hydroxylation is 1. The zero-order chi connectivity index (χ0) is 15.7. The molecule has 0 aliphatic carbocycles. The van der Waals surface area contributed by atoms with E-state index in [1.165, 1.54) is 23.8 Å². The van der Waals surface area contributed by atoms with E-state index in [0.717, 1.165) is 36.9 Å². The summed E-state index contributed by atoms with van der Waals surface area (Å²) in [4.78, 5) is 13.3. The van der Waals surface area contributed by atoms with Crippen molar-refractivity contribution in [2.75, 3.05) is 13.1 Å². The van der Waals surface area contributed by atoms with Crippen LogP contribution in [0.1, 0.15) is 37.3 Å². The molecule has 1 saturated heterocycles. The van der Waals surface area contributed by atoms with Crippen LogP contribution in [0.3, 0.4) is 0 Å². The monoisotopic (exact) mass is 322 g/mol. The highest BCUT2D eigenvalue weighted by atomic mass is 35.5. The molecule has 2 N–H and O–H groups in total. The molecular formula is C17H21ClNO3+. The third-order valence-electron chi connectivity index (χ3n) is 4.40. The lowest BCUT2D eigenvalue weighted by Crippen LogP contribution is -3.08. The number of phenols is 1. The molecule has 1 aromatic carbocycles. The Morgan fingerprint density at radius 1 is 1.32 bits per heavy atom. The number of halogens is 1. The zero-order valence-corrected chi connectivity index (χ0v) is 13.5. The van der Waals surface area contributed by atoms with Crippen molar-refractivity contribution in [3.8, 4) is 5.75 Å². The summed E-state index contributed by atoms with van der Waals surface area (Å²) in [6.07, 6.45) is 4.11. The number of hydrogen-bond acceptors (Lipinski definition) is 3. The van der Waals surface area contributed by atoms with Crippen molar-refractivity contribution in [1.82, 2.24) is 0 Å². The summed E-state index contributed by atoms with van der Waals surface area (Å²) in [6.45, 7) is 4.86. The van der Waals surface area contributed by atoms with Gasteiger partial charge in [-0.15, -0.1) is 0 Å². The Balaban J connectivity index is 2.19. The maximum atomic E-state index is 11.9. The zero-order valence-electron chi connectivity index (χ0n) is 12.7. The average molecular weight is 323 g/mol. The van der Waals surface area contributed by atoms with Crippen LogP contribution in [0.15, 0.2) is 21.3 Å². The molecule has 22 heavy (non-hydrogen) atoms. The first-order chi connectivity index (χ1) is 10.6. The van der Waals surface area contributed by atoms with Crippen LogP contribution in [0.25, 0.3) is 11.0 Å². The van der Waals surface area contributed by atoms with Crippen LogP contribution < -0.4 is 10.5 Å². The Kier molecular flexibility index (Phi) is 4.41.